The number of hydrogen-bond donors (Lipinski definition) is 1. The van der Waals surface area contributed by atoms with Gasteiger partial charge < -0.3 is 10.5 Å². The van der Waals surface area contributed by atoms with Crippen molar-refractivity contribution in [1.29, 1.82) is 5.26 Å². The lowest BCUT2D eigenvalue weighted by molar-refractivity contribution is 0.0512. The largest absolute Gasteiger partial charge is 0.376 e. The molecule has 1 aromatic heterocycles. The van der Waals surface area contributed by atoms with Crippen molar-refractivity contribution in [2.75, 3.05) is 13.2 Å². The highest BCUT2D eigenvalue weighted by Gasteiger charge is 2.23. The summed E-state index contributed by atoms with van der Waals surface area (Å²) in [5, 5.41) is 8.79. The van der Waals surface area contributed by atoms with Gasteiger partial charge in [0, 0.05) is 6.20 Å². The quantitative estimate of drug-likeness (QED) is 0.880. The molecule has 2 unspecified atom stereocenters. The van der Waals surface area contributed by atoms with E-state index in [4.69, 9.17) is 15.7 Å². The monoisotopic (exact) mass is 259 g/mol. The Kier molecular flexibility index (Phi) is 5.31. The first-order valence-electron chi connectivity index (χ1n) is 6.96. The molecule has 1 heterocycles. The first kappa shape index (κ1) is 14.0. The third-order valence-electron chi connectivity index (χ3n) is 3.91. The summed E-state index contributed by atoms with van der Waals surface area (Å²) in [6, 6.07) is 5.71. The molecule has 4 heteroatoms. The van der Waals surface area contributed by atoms with Crippen LogP contribution in [0.4, 0.5) is 0 Å². The lowest BCUT2D eigenvalue weighted by atomic mass is 9.80. The second-order valence-corrected chi connectivity index (χ2v) is 5.22. The lowest BCUT2D eigenvalue weighted by Gasteiger charge is -2.30. The van der Waals surface area contributed by atoms with E-state index in [-0.39, 0.29) is 0 Å². The molecule has 19 heavy (non-hydrogen) atoms. The van der Waals surface area contributed by atoms with Crippen LogP contribution in [-0.4, -0.2) is 18.1 Å². The fraction of sp³-hybridized carbons (Fsp3) is 0.600. The van der Waals surface area contributed by atoms with E-state index < -0.39 is 0 Å². The van der Waals surface area contributed by atoms with Gasteiger partial charge in [0.15, 0.2) is 0 Å². The van der Waals surface area contributed by atoms with Crippen molar-refractivity contribution in [3.8, 4) is 6.07 Å². The summed E-state index contributed by atoms with van der Waals surface area (Å²) >= 11 is 0. The molecule has 0 bridgehead atoms. The molecule has 0 aromatic carbocycles. The minimum Gasteiger partial charge on any atom is -0.376 e. The third kappa shape index (κ3) is 4.02. The normalized spacial score (nSPS) is 22.9. The van der Waals surface area contributed by atoms with Gasteiger partial charge in [-0.15, -0.1) is 0 Å². The number of nitrogens with zero attached hydrogens (tertiary/aromatic N) is 2. The fourth-order valence-electron chi connectivity index (χ4n) is 2.77. The first-order chi connectivity index (χ1) is 9.33. The Hall–Kier alpha value is -1.44. The van der Waals surface area contributed by atoms with Crippen LogP contribution in [-0.2, 0) is 11.3 Å². The van der Waals surface area contributed by atoms with Crippen LogP contribution in [0.15, 0.2) is 18.3 Å². The van der Waals surface area contributed by atoms with Crippen LogP contribution in [0.1, 0.15) is 36.9 Å². The number of aromatic nitrogens is 1. The maximum absolute atomic E-state index is 8.79. The van der Waals surface area contributed by atoms with Gasteiger partial charge in [-0.1, -0.05) is 12.8 Å². The summed E-state index contributed by atoms with van der Waals surface area (Å²) < 4.78 is 5.80. The standard InChI is InChI=1S/C15H21N3O/c16-8-13-3-1-2-4-14(13)11-19-10-12-5-6-18-15(7-12)9-17/h5-7,13-14H,1-4,8,10-11,16H2. The van der Waals surface area contributed by atoms with E-state index in [1.807, 2.05) is 12.1 Å². The molecule has 2 atom stereocenters. The van der Waals surface area contributed by atoms with Gasteiger partial charge in [0.25, 0.3) is 0 Å². The molecule has 1 fully saturated rings. The molecule has 1 aromatic rings. The summed E-state index contributed by atoms with van der Waals surface area (Å²) in [5.41, 5.74) is 7.26. The van der Waals surface area contributed by atoms with Gasteiger partial charge in [0.2, 0.25) is 0 Å². The van der Waals surface area contributed by atoms with Crippen LogP contribution in [0, 0.1) is 23.2 Å². The Morgan fingerprint density at radius 3 is 2.89 bits per heavy atom. The van der Waals surface area contributed by atoms with Crippen molar-refractivity contribution < 1.29 is 4.74 Å². The minimum atomic E-state index is 0.443. The lowest BCUT2D eigenvalue weighted by Crippen LogP contribution is -2.29. The molecule has 0 saturated heterocycles. The summed E-state index contributed by atoms with van der Waals surface area (Å²) in [6.45, 7) is 2.08. The van der Waals surface area contributed by atoms with Crippen molar-refractivity contribution in [1.82, 2.24) is 4.98 Å². The average Bonchev–Trinajstić information content (AvgIpc) is 2.48. The molecule has 0 radical (unpaired) electrons. The molecule has 1 aliphatic rings. The van der Waals surface area contributed by atoms with Crippen LogP contribution >= 0.6 is 0 Å². The molecule has 2 N–H and O–H groups in total. The van der Waals surface area contributed by atoms with Gasteiger partial charge in [-0.25, -0.2) is 4.98 Å². The van der Waals surface area contributed by atoms with Gasteiger partial charge >= 0.3 is 0 Å². The van der Waals surface area contributed by atoms with Crippen molar-refractivity contribution >= 4 is 0 Å². The summed E-state index contributed by atoms with van der Waals surface area (Å²) in [5.74, 6) is 1.21. The van der Waals surface area contributed by atoms with E-state index in [9.17, 15) is 0 Å². The zero-order valence-corrected chi connectivity index (χ0v) is 11.2. The molecule has 0 amide bonds. The van der Waals surface area contributed by atoms with Crippen LogP contribution in [0.3, 0.4) is 0 Å². The molecule has 0 aliphatic heterocycles. The number of nitrogens with two attached hydrogens (primary N) is 1. The zero-order valence-electron chi connectivity index (χ0n) is 11.2. The number of nitriles is 1. The maximum Gasteiger partial charge on any atom is 0.140 e. The Balaban J connectivity index is 1.80. The fourth-order valence-corrected chi connectivity index (χ4v) is 2.77. The Morgan fingerprint density at radius 1 is 1.37 bits per heavy atom. The van der Waals surface area contributed by atoms with E-state index in [1.54, 1.807) is 12.3 Å². The predicted octanol–water partition coefficient (Wildman–Crippen LogP) is 2.23. The molecule has 4 nitrogen and oxygen atoms in total. The maximum atomic E-state index is 8.79. The smallest absolute Gasteiger partial charge is 0.140 e. The number of hydrogen-bond acceptors (Lipinski definition) is 4. The average molecular weight is 259 g/mol. The van der Waals surface area contributed by atoms with Crippen LogP contribution in [0.25, 0.3) is 0 Å². The third-order valence-corrected chi connectivity index (χ3v) is 3.91. The molecule has 102 valence electrons. The Labute approximate surface area is 114 Å². The van der Waals surface area contributed by atoms with Crippen molar-refractivity contribution in [3.05, 3.63) is 29.6 Å². The van der Waals surface area contributed by atoms with Crippen molar-refractivity contribution in [3.63, 3.8) is 0 Å². The van der Waals surface area contributed by atoms with E-state index in [2.05, 4.69) is 4.98 Å². The second kappa shape index (κ2) is 7.22. The second-order valence-electron chi connectivity index (χ2n) is 5.22. The van der Waals surface area contributed by atoms with Gasteiger partial charge in [0.1, 0.15) is 11.8 Å². The SMILES string of the molecule is N#Cc1cc(COCC2CCCCC2CN)ccn1. The molecule has 1 aliphatic carbocycles. The van der Waals surface area contributed by atoms with Crippen LogP contribution in [0.2, 0.25) is 0 Å². The van der Waals surface area contributed by atoms with Crippen molar-refractivity contribution in [2.24, 2.45) is 17.6 Å². The summed E-state index contributed by atoms with van der Waals surface area (Å²) in [7, 11) is 0. The highest BCUT2D eigenvalue weighted by Crippen LogP contribution is 2.29. The van der Waals surface area contributed by atoms with Crippen molar-refractivity contribution in [2.45, 2.75) is 32.3 Å². The van der Waals surface area contributed by atoms with Gasteiger partial charge in [-0.3, -0.25) is 0 Å². The number of pyridine rings is 1. The molecule has 1 saturated carbocycles. The molecule has 0 spiro atoms. The molecular weight excluding hydrogens is 238 g/mol. The number of ether oxygens (including phenoxy) is 1. The van der Waals surface area contributed by atoms with Crippen LogP contribution < -0.4 is 5.73 Å². The predicted molar refractivity (Wildman–Crippen MR) is 73.1 cm³/mol. The minimum absolute atomic E-state index is 0.443. The van der Waals surface area contributed by atoms with E-state index >= 15 is 0 Å². The van der Waals surface area contributed by atoms with Gasteiger partial charge in [0.05, 0.1) is 13.2 Å². The highest BCUT2D eigenvalue weighted by atomic mass is 16.5. The van der Waals surface area contributed by atoms with Gasteiger partial charge in [-0.2, -0.15) is 5.26 Å². The Bertz CT molecular complexity index is 441. The Morgan fingerprint density at radius 2 is 2.16 bits per heavy atom. The highest BCUT2D eigenvalue weighted by molar-refractivity contribution is 5.24. The van der Waals surface area contributed by atoms with Gasteiger partial charge in [-0.05, 0) is 48.9 Å². The number of rotatable bonds is 5. The van der Waals surface area contributed by atoms with E-state index in [0.29, 0.717) is 24.1 Å². The topological polar surface area (TPSA) is 71.9 Å². The zero-order chi connectivity index (χ0) is 13.5. The summed E-state index contributed by atoms with van der Waals surface area (Å²) in [6.07, 6.45) is 6.70. The van der Waals surface area contributed by atoms with E-state index in [1.165, 1.54) is 25.7 Å². The molecule has 2 rings (SSSR count). The first-order valence-corrected chi connectivity index (χ1v) is 6.96. The van der Waals surface area contributed by atoms with E-state index in [0.717, 1.165) is 18.7 Å². The summed E-state index contributed by atoms with van der Waals surface area (Å²) in [4.78, 5) is 3.95. The molecular formula is C15H21N3O. The van der Waals surface area contributed by atoms with Crippen LogP contribution in [0.5, 0.6) is 0 Å².